The van der Waals surface area contributed by atoms with E-state index in [1.54, 1.807) is 19.4 Å². The van der Waals surface area contributed by atoms with Gasteiger partial charge >= 0.3 is 11.1 Å². The van der Waals surface area contributed by atoms with Crippen molar-refractivity contribution in [3.05, 3.63) is 33.1 Å². The van der Waals surface area contributed by atoms with Crippen molar-refractivity contribution in [2.24, 2.45) is 13.0 Å². The van der Waals surface area contributed by atoms with Crippen LogP contribution in [0.5, 0.6) is 0 Å². The zero-order valence-corrected chi connectivity index (χ0v) is 10.3. The van der Waals surface area contributed by atoms with Gasteiger partial charge in [0, 0.05) is 38.6 Å². The average molecular weight is 237 g/mol. The fourth-order valence-corrected chi connectivity index (χ4v) is 1.94. The second-order valence-electron chi connectivity index (χ2n) is 4.79. The molecule has 1 atom stereocenters. The fraction of sp³-hybridized carbons (Fsp3) is 0.667. The minimum absolute atomic E-state index is 0.448. The molecule has 1 unspecified atom stereocenters. The van der Waals surface area contributed by atoms with Gasteiger partial charge in [0.2, 0.25) is 0 Å². The molecule has 1 N–H and O–H groups in total. The molecule has 0 aliphatic heterocycles. The van der Waals surface area contributed by atoms with Crippen molar-refractivity contribution in [2.45, 2.75) is 32.4 Å². The van der Waals surface area contributed by atoms with Gasteiger partial charge in [0.05, 0.1) is 0 Å². The molecule has 0 spiro atoms. The summed E-state index contributed by atoms with van der Waals surface area (Å²) < 4.78 is 2.77. The summed E-state index contributed by atoms with van der Waals surface area (Å²) in [7, 11) is 1.58. The first-order chi connectivity index (χ1) is 8.09. The molecule has 1 heterocycles. The van der Waals surface area contributed by atoms with Crippen LogP contribution in [0, 0.1) is 5.92 Å². The smallest absolute Gasteiger partial charge is 0.312 e. The van der Waals surface area contributed by atoms with E-state index in [1.165, 1.54) is 22.0 Å². The Morgan fingerprint density at radius 1 is 1.35 bits per heavy atom. The Morgan fingerprint density at radius 2 is 2.06 bits per heavy atom. The predicted molar refractivity (Wildman–Crippen MR) is 66.1 cm³/mol. The summed E-state index contributed by atoms with van der Waals surface area (Å²) in [6.07, 6.45) is 5.89. The van der Waals surface area contributed by atoms with Crippen LogP contribution in [0.2, 0.25) is 0 Å². The highest BCUT2D eigenvalue weighted by Crippen LogP contribution is 2.32. The number of hydrogen-bond donors (Lipinski definition) is 1. The Labute approximate surface area is 100 Å². The third kappa shape index (κ3) is 2.85. The van der Waals surface area contributed by atoms with E-state index in [9.17, 15) is 9.59 Å². The van der Waals surface area contributed by atoms with Crippen LogP contribution in [0.25, 0.3) is 0 Å². The van der Waals surface area contributed by atoms with Crippen molar-refractivity contribution in [1.82, 2.24) is 14.5 Å². The maximum Gasteiger partial charge on any atom is 0.316 e. The van der Waals surface area contributed by atoms with E-state index >= 15 is 0 Å². The van der Waals surface area contributed by atoms with Crippen LogP contribution in [0.15, 0.2) is 22.0 Å². The third-order valence-electron chi connectivity index (χ3n) is 3.38. The van der Waals surface area contributed by atoms with Gasteiger partial charge in [0.25, 0.3) is 0 Å². The first kappa shape index (κ1) is 12.1. The number of aromatic nitrogens is 2. The lowest BCUT2D eigenvalue weighted by Crippen LogP contribution is -2.41. The van der Waals surface area contributed by atoms with E-state index < -0.39 is 11.1 Å². The minimum atomic E-state index is -0.470. The summed E-state index contributed by atoms with van der Waals surface area (Å²) >= 11 is 0. The lowest BCUT2D eigenvalue weighted by molar-refractivity contribution is 0.469. The molecule has 94 valence electrons. The van der Waals surface area contributed by atoms with Crippen LogP contribution < -0.4 is 16.4 Å². The van der Waals surface area contributed by atoms with E-state index in [0.29, 0.717) is 12.6 Å². The van der Waals surface area contributed by atoms with Gasteiger partial charge in [-0.3, -0.25) is 9.59 Å². The topological polar surface area (TPSA) is 56.0 Å². The van der Waals surface area contributed by atoms with Crippen LogP contribution in [0.4, 0.5) is 0 Å². The zero-order valence-electron chi connectivity index (χ0n) is 10.3. The summed E-state index contributed by atoms with van der Waals surface area (Å²) in [5, 5.41) is 3.39. The molecule has 1 aromatic heterocycles. The molecular formula is C12H19N3O2. The fourth-order valence-electron chi connectivity index (χ4n) is 1.94. The molecule has 0 amide bonds. The molecule has 0 bridgehead atoms. The number of nitrogens with one attached hydrogen (secondary N) is 1. The van der Waals surface area contributed by atoms with Gasteiger partial charge in [-0.2, -0.15) is 0 Å². The largest absolute Gasteiger partial charge is 0.316 e. The van der Waals surface area contributed by atoms with Crippen molar-refractivity contribution in [3.63, 3.8) is 0 Å². The molecule has 1 aliphatic carbocycles. The van der Waals surface area contributed by atoms with E-state index in [-0.39, 0.29) is 0 Å². The number of hydrogen-bond acceptors (Lipinski definition) is 3. The van der Waals surface area contributed by atoms with Crippen LogP contribution in [0.1, 0.15) is 19.8 Å². The lowest BCUT2D eigenvalue weighted by atomic mass is 10.2. The summed E-state index contributed by atoms with van der Waals surface area (Å²) in [5.41, 5.74) is -0.918. The molecule has 2 rings (SSSR count). The van der Waals surface area contributed by atoms with Gasteiger partial charge in [0.15, 0.2) is 0 Å². The summed E-state index contributed by atoms with van der Waals surface area (Å²) in [6, 6.07) is 0.511. The molecule has 0 radical (unpaired) electrons. The minimum Gasteiger partial charge on any atom is -0.312 e. The van der Waals surface area contributed by atoms with Gasteiger partial charge in [-0.05, 0) is 25.7 Å². The van der Waals surface area contributed by atoms with Gasteiger partial charge in [-0.1, -0.05) is 0 Å². The summed E-state index contributed by atoms with van der Waals surface area (Å²) in [4.78, 5) is 23.0. The maximum absolute atomic E-state index is 11.6. The molecular weight excluding hydrogens is 218 g/mol. The SMILES string of the molecule is CC(NCCn1ccn(C)c(=O)c1=O)C1CC1. The Bertz CT molecular complexity index is 499. The average Bonchev–Trinajstić information content (AvgIpc) is 3.13. The highest BCUT2D eigenvalue weighted by Gasteiger charge is 2.27. The monoisotopic (exact) mass is 237 g/mol. The van der Waals surface area contributed by atoms with Crippen LogP contribution in [-0.2, 0) is 13.6 Å². The van der Waals surface area contributed by atoms with Crippen molar-refractivity contribution in [1.29, 1.82) is 0 Å². The number of aryl methyl sites for hydroxylation is 1. The summed E-state index contributed by atoms with van der Waals surface area (Å²) in [5.74, 6) is 0.801. The normalized spacial score (nSPS) is 17.1. The molecule has 1 aromatic rings. The second kappa shape index (κ2) is 4.87. The zero-order chi connectivity index (χ0) is 12.4. The Hall–Kier alpha value is -1.36. The van der Waals surface area contributed by atoms with Crippen LogP contribution in [0.3, 0.4) is 0 Å². The molecule has 0 aromatic carbocycles. The number of nitrogens with zero attached hydrogens (tertiary/aromatic N) is 2. The Kier molecular flexibility index (Phi) is 3.47. The third-order valence-corrected chi connectivity index (χ3v) is 3.38. The van der Waals surface area contributed by atoms with Crippen molar-refractivity contribution in [3.8, 4) is 0 Å². The molecule has 0 saturated heterocycles. The van der Waals surface area contributed by atoms with Gasteiger partial charge in [0.1, 0.15) is 0 Å². The van der Waals surface area contributed by atoms with Crippen molar-refractivity contribution in [2.75, 3.05) is 6.54 Å². The molecule has 17 heavy (non-hydrogen) atoms. The predicted octanol–water partition coefficient (Wildman–Crippen LogP) is -0.0649. The Balaban J connectivity index is 1.92. The molecule has 1 saturated carbocycles. The van der Waals surface area contributed by atoms with Gasteiger partial charge in [-0.15, -0.1) is 0 Å². The maximum atomic E-state index is 11.6. The molecule has 1 fully saturated rings. The number of rotatable bonds is 5. The quantitative estimate of drug-likeness (QED) is 0.730. The molecule has 1 aliphatic rings. The summed E-state index contributed by atoms with van der Waals surface area (Å²) in [6.45, 7) is 3.45. The van der Waals surface area contributed by atoms with Gasteiger partial charge < -0.3 is 14.5 Å². The van der Waals surface area contributed by atoms with E-state index in [2.05, 4.69) is 12.2 Å². The first-order valence-corrected chi connectivity index (χ1v) is 6.09. The van der Waals surface area contributed by atoms with Crippen molar-refractivity contribution < 1.29 is 0 Å². The van der Waals surface area contributed by atoms with Crippen molar-refractivity contribution >= 4 is 0 Å². The van der Waals surface area contributed by atoms with E-state index in [0.717, 1.165) is 12.5 Å². The van der Waals surface area contributed by atoms with Crippen LogP contribution in [-0.4, -0.2) is 21.7 Å². The second-order valence-corrected chi connectivity index (χ2v) is 4.79. The first-order valence-electron chi connectivity index (χ1n) is 6.09. The lowest BCUT2D eigenvalue weighted by Gasteiger charge is -2.13. The highest BCUT2D eigenvalue weighted by molar-refractivity contribution is 4.86. The Morgan fingerprint density at radius 3 is 2.71 bits per heavy atom. The van der Waals surface area contributed by atoms with Gasteiger partial charge in [-0.25, -0.2) is 0 Å². The molecule has 5 nitrogen and oxygen atoms in total. The highest BCUT2D eigenvalue weighted by atomic mass is 16.2. The standard InChI is InChI=1S/C12H19N3O2/c1-9(10-3-4-10)13-5-6-15-8-7-14(2)11(16)12(15)17/h7-10,13H,3-6H2,1-2H3. The van der Waals surface area contributed by atoms with E-state index in [4.69, 9.17) is 0 Å². The molecule has 5 heteroatoms. The van der Waals surface area contributed by atoms with E-state index in [1.807, 2.05) is 0 Å². The van der Waals surface area contributed by atoms with Crippen LogP contribution >= 0.6 is 0 Å².